The largest absolute Gasteiger partial charge is 0.495 e. The van der Waals surface area contributed by atoms with Crippen molar-refractivity contribution in [3.8, 4) is 5.75 Å². The summed E-state index contributed by atoms with van der Waals surface area (Å²) in [6, 6.07) is 15.2. The Hall–Kier alpha value is -1.45. The summed E-state index contributed by atoms with van der Waals surface area (Å²) in [5, 5.41) is 0.464. The lowest BCUT2D eigenvalue weighted by atomic mass is 10.1. The Morgan fingerprint density at radius 3 is 2.60 bits per heavy atom. The van der Waals surface area contributed by atoms with E-state index in [0.717, 1.165) is 5.75 Å². The predicted molar refractivity (Wildman–Crippen MR) is 84.9 cm³/mol. The minimum atomic E-state index is 0.0792. The number of methoxy groups -OCH3 is 1. The third-order valence-electron chi connectivity index (χ3n) is 2.82. The third kappa shape index (κ3) is 4.02. The van der Waals surface area contributed by atoms with Crippen molar-refractivity contribution in [2.75, 3.05) is 12.9 Å². The maximum Gasteiger partial charge on any atom is 0.172 e. The van der Waals surface area contributed by atoms with Crippen molar-refractivity contribution < 1.29 is 9.53 Å². The summed E-state index contributed by atoms with van der Waals surface area (Å²) in [6.45, 7) is 0. The Morgan fingerprint density at radius 2 is 1.95 bits per heavy atom. The van der Waals surface area contributed by atoms with Gasteiger partial charge in [-0.15, -0.1) is 11.8 Å². The zero-order valence-corrected chi connectivity index (χ0v) is 12.7. The maximum absolute atomic E-state index is 12.1. The molecule has 0 amide bonds. The molecule has 0 N–H and O–H groups in total. The van der Waals surface area contributed by atoms with Crippen LogP contribution in [0, 0.1) is 0 Å². The molecule has 0 bridgehead atoms. The number of ketones is 1. The number of hydrogen-bond acceptors (Lipinski definition) is 3. The van der Waals surface area contributed by atoms with Crippen molar-refractivity contribution >= 4 is 29.1 Å². The zero-order chi connectivity index (χ0) is 14.4. The SMILES string of the molecule is COc1ccc(C(=O)CSCc2ccccc2)cc1Cl. The van der Waals surface area contributed by atoms with E-state index >= 15 is 0 Å². The summed E-state index contributed by atoms with van der Waals surface area (Å²) in [7, 11) is 1.55. The van der Waals surface area contributed by atoms with Crippen LogP contribution in [0.1, 0.15) is 15.9 Å². The van der Waals surface area contributed by atoms with Gasteiger partial charge < -0.3 is 4.74 Å². The lowest BCUT2D eigenvalue weighted by Crippen LogP contribution is -2.03. The number of ether oxygens (including phenoxy) is 1. The Bertz CT molecular complexity index is 584. The number of hydrogen-bond donors (Lipinski definition) is 0. The van der Waals surface area contributed by atoms with Crippen LogP contribution in [0.2, 0.25) is 5.02 Å². The van der Waals surface area contributed by atoms with Gasteiger partial charge in [0.2, 0.25) is 0 Å². The van der Waals surface area contributed by atoms with Gasteiger partial charge in [-0.1, -0.05) is 41.9 Å². The van der Waals surface area contributed by atoms with Crippen molar-refractivity contribution in [1.29, 1.82) is 0 Å². The van der Waals surface area contributed by atoms with E-state index in [1.165, 1.54) is 5.56 Å². The average Bonchev–Trinajstić information content (AvgIpc) is 2.48. The number of Topliss-reactive ketones (excluding diaryl/α,β-unsaturated/α-hetero) is 1. The minimum Gasteiger partial charge on any atom is -0.495 e. The molecular formula is C16H15ClO2S. The highest BCUT2D eigenvalue weighted by Gasteiger charge is 2.09. The van der Waals surface area contributed by atoms with E-state index in [1.54, 1.807) is 37.1 Å². The smallest absolute Gasteiger partial charge is 0.172 e. The fraction of sp³-hybridized carbons (Fsp3) is 0.188. The number of carbonyl (C=O) groups is 1. The van der Waals surface area contributed by atoms with Gasteiger partial charge in [-0.05, 0) is 23.8 Å². The number of carbonyl (C=O) groups excluding carboxylic acids is 1. The van der Waals surface area contributed by atoms with Crippen LogP contribution >= 0.6 is 23.4 Å². The molecule has 104 valence electrons. The van der Waals surface area contributed by atoms with Gasteiger partial charge in [0.1, 0.15) is 5.75 Å². The van der Waals surface area contributed by atoms with Gasteiger partial charge >= 0.3 is 0 Å². The van der Waals surface area contributed by atoms with Gasteiger partial charge in [-0.25, -0.2) is 0 Å². The molecule has 0 saturated carbocycles. The van der Waals surface area contributed by atoms with Crippen LogP contribution in [0.3, 0.4) is 0 Å². The van der Waals surface area contributed by atoms with E-state index in [2.05, 4.69) is 12.1 Å². The van der Waals surface area contributed by atoms with E-state index in [9.17, 15) is 4.79 Å². The molecule has 4 heteroatoms. The lowest BCUT2D eigenvalue weighted by molar-refractivity contribution is 0.102. The Morgan fingerprint density at radius 1 is 1.20 bits per heavy atom. The molecule has 2 aromatic rings. The highest BCUT2D eigenvalue weighted by atomic mass is 35.5. The predicted octanol–water partition coefficient (Wildman–Crippen LogP) is 4.46. The molecule has 0 aliphatic rings. The first kappa shape index (κ1) is 14.9. The molecule has 0 atom stereocenters. The van der Waals surface area contributed by atoms with Crippen LogP contribution in [0.5, 0.6) is 5.75 Å². The summed E-state index contributed by atoms with van der Waals surface area (Å²) in [5.74, 6) is 1.93. The van der Waals surface area contributed by atoms with Crippen LogP contribution in [-0.4, -0.2) is 18.6 Å². The molecule has 0 aromatic heterocycles. The number of benzene rings is 2. The Balaban J connectivity index is 1.90. The zero-order valence-electron chi connectivity index (χ0n) is 11.1. The molecule has 0 unspecified atom stereocenters. The topological polar surface area (TPSA) is 26.3 Å². The van der Waals surface area contributed by atoms with Crippen molar-refractivity contribution in [3.05, 3.63) is 64.7 Å². The summed E-state index contributed by atoms with van der Waals surface area (Å²) >= 11 is 7.62. The second-order valence-corrected chi connectivity index (χ2v) is 5.64. The normalized spacial score (nSPS) is 10.3. The first-order valence-electron chi connectivity index (χ1n) is 6.19. The van der Waals surface area contributed by atoms with Gasteiger partial charge in [0, 0.05) is 11.3 Å². The molecule has 0 fully saturated rings. The van der Waals surface area contributed by atoms with Crippen LogP contribution in [0.15, 0.2) is 48.5 Å². The average molecular weight is 307 g/mol. The highest BCUT2D eigenvalue weighted by molar-refractivity contribution is 7.99. The summed E-state index contributed by atoms with van der Waals surface area (Å²) in [5.41, 5.74) is 1.84. The molecule has 2 rings (SSSR count). The summed E-state index contributed by atoms with van der Waals surface area (Å²) in [4.78, 5) is 12.1. The van der Waals surface area contributed by atoms with Crippen molar-refractivity contribution in [2.45, 2.75) is 5.75 Å². The lowest BCUT2D eigenvalue weighted by Gasteiger charge is -2.05. The van der Waals surface area contributed by atoms with Crippen LogP contribution < -0.4 is 4.74 Å². The second kappa shape index (κ2) is 7.36. The summed E-state index contributed by atoms with van der Waals surface area (Å²) in [6.07, 6.45) is 0. The van der Waals surface area contributed by atoms with Crippen molar-refractivity contribution in [2.24, 2.45) is 0 Å². The van der Waals surface area contributed by atoms with Gasteiger partial charge in [0.15, 0.2) is 5.78 Å². The van der Waals surface area contributed by atoms with Crippen LogP contribution in [0.25, 0.3) is 0 Å². The van der Waals surface area contributed by atoms with Gasteiger partial charge in [0.05, 0.1) is 17.9 Å². The number of thioether (sulfide) groups is 1. The molecule has 0 heterocycles. The molecular weight excluding hydrogens is 292 g/mol. The first-order chi connectivity index (χ1) is 9.70. The molecule has 2 nitrogen and oxygen atoms in total. The van der Waals surface area contributed by atoms with E-state index < -0.39 is 0 Å². The fourth-order valence-electron chi connectivity index (χ4n) is 1.76. The third-order valence-corrected chi connectivity index (χ3v) is 4.12. The Labute approximate surface area is 128 Å². The van der Waals surface area contributed by atoms with E-state index in [1.807, 2.05) is 18.2 Å². The van der Waals surface area contributed by atoms with Crippen LogP contribution in [0.4, 0.5) is 0 Å². The van der Waals surface area contributed by atoms with Gasteiger partial charge in [-0.3, -0.25) is 4.79 Å². The van der Waals surface area contributed by atoms with E-state index in [4.69, 9.17) is 16.3 Å². The van der Waals surface area contributed by atoms with Gasteiger partial charge in [0.25, 0.3) is 0 Å². The molecule has 2 aromatic carbocycles. The van der Waals surface area contributed by atoms with Gasteiger partial charge in [-0.2, -0.15) is 0 Å². The maximum atomic E-state index is 12.1. The minimum absolute atomic E-state index is 0.0792. The van der Waals surface area contributed by atoms with E-state index in [0.29, 0.717) is 22.1 Å². The molecule has 0 aliphatic heterocycles. The standard InChI is InChI=1S/C16H15ClO2S/c1-19-16-8-7-13(9-14(16)17)15(18)11-20-10-12-5-3-2-4-6-12/h2-9H,10-11H2,1H3. The number of halogens is 1. The Kier molecular flexibility index (Phi) is 5.50. The fourth-order valence-corrected chi connectivity index (χ4v) is 2.90. The quantitative estimate of drug-likeness (QED) is 0.737. The number of rotatable bonds is 6. The molecule has 0 saturated heterocycles. The molecule has 0 aliphatic carbocycles. The second-order valence-electron chi connectivity index (χ2n) is 4.25. The van der Waals surface area contributed by atoms with Crippen molar-refractivity contribution in [3.63, 3.8) is 0 Å². The van der Waals surface area contributed by atoms with E-state index in [-0.39, 0.29) is 5.78 Å². The molecule has 20 heavy (non-hydrogen) atoms. The molecule has 0 radical (unpaired) electrons. The molecule has 0 spiro atoms. The monoisotopic (exact) mass is 306 g/mol. The first-order valence-corrected chi connectivity index (χ1v) is 7.72. The highest BCUT2D eigenvalue weighted by Crippen LogP contribution is 2.25. The van der Waals surface area contributed by atoms with Crippen molar-refractivity contribution in [1.82, 2.24) is 0 Å². The van der Waals surface area contributed by atoms with Crippen LogP contribution in [-0.2, 0) is 5.75 Å². The summed E-state index contributed by atoms with van der Waals surface area (Å²) < 4.78 is 5.07.